The van der Waals surface area contributed by atoms with Crippen LogP contribution in [0.15, 0.2) is 0 Å². The predicted molar refractivity (Wildman–Crippen MR) is 62.8 cm³/mol. The highest BCUT2D eigenvalue weighted by atomic mass is 19.4. The summed E-state index contributed by atoms with van der Waals surface area (Å²) < 4.78 is 63.2. The number of hydrogen-bond donors (Lipinski definition) is 0. The van der Waals surface area contributed by atoms with E-state index in [4.69, 9.17) is 0 Å². The molecule has 0 aliphatic carbocycles. The Balaban J connectivity index is 4.15. The van der Waals surface area contributed by atoms with E-state index in [1.54, 1.807) is 0 Å². The summed E-state index contributed by atoms with van der Waals surface area (Å²) in [4.78, 5) is 0. The van der Waals surface area contributed by atoms with Crippen LogP contribution in [0.5, 0.6) is 0 Å². The van der Waals surface area contributed by atoms with Gasteiger partial charge in [-0.1, -0.05) is 59.3 Å². The van der Waals surface area contributed by atoms with Crippen molar-refractivity contribution in [2.45, 2.75) is 77.8 Å². The molecule has 0 atom stereocenters. The molecule has 0 aliphatic heterocycles. The van der Waals surface area contributed by atoms with Gasteiger partial charge >= 0.3 is 12.1 Å². The van der Waals surface area contributed by atoms with Crippen LogP contribution in [0.3, 0.4) is 0 Å². The van der Waals surface area contributed by atoms with E-state index >= 15 is 0 Å². The van der Waals surface area contributed by atoms with Crippen LogP contribution in [-0.2, 0) is 0 Å². The highest BCUT2D eigenvalue weighted by Gasteiger charge is 2.65. The summed E-state index contributed by atoms with van der Waals surface area (Å²) >= 11 is 0. The lowest BCUT2D eigenvalue weighted by Gasteiger charge is -2.35. The molecule has 0 saturated carbocycles. The maximum atomic E-state index is 13.2. The molecule has 110 valence electrons. The second kappa shape index (κ2) is 6.71. The summed E-state index contributed by atoms with van der Waals surface area (Å²) in [6.07, 6.45) is -0.335. The molecule has 0 amide bonds. The molecule has 5 heteroatoms. The normalized spacial score (nSPS) is 14.0. The Morgan fingerprint density at radius 2 is 1.17 bits per heavy atom. The Kier molecular flexibility index (Phi) is 6.58. The van der Waals surface area contributed by atoms with Crippen LogP contribution < -0.4 is 0 Å². The summed E-state index contributed by atoms with van der Waals surface area (Å²) in [5, 5.41) is 0. The molecule has 0 fully saturated rings. The standard InChI is InChI=1S/C13H23F5/c1-4-5-6-7-8-9-10-11(2,3)12(14,15)13(16,17)18/h4-10H2,1-3H3. The smallest absolute Gasteiger partial charge is 0.196 e. The summed E-state index contributed by atoms with van der Waals surface area (Å²) in [5.41, 5.74) is -2.03. The second-order valence-corrected chi connectivity index (χ2v) is 5.47. The van der Waals surface area contributed by atoms with Gasteiger partial charge in [0.05, 0.1) is 0 Å². The zero-order valence-electron chi connectivity index (χ0n) is 11.3. The molecule has 0 heterocycles. The van der Waals surface area contributed by atoms with E-state index in [9.17, 15) is 22.0 Å². The third-order valence-electron chi connectivity index (χ3n) is 3.36. The quantitative estimate of drug-likeness (QED) is 0.378. The van der Waals surface area contributed by atoms with Crippen molar-refractivity contribution in [2.75, 3.05) is 0 Å². The molecular formula is C13H23F5. The minimum Gasteiger partial charge on any atom is -0.196 e. The van der Waals surface area contributed by atoms with Gasteiger partial charge in [0.25, 0.3) is 0 Å². The van der Waals surface area contributed by atoms with Gasteiger partial charge in [-0.15, -0.1) is 0 Å². The van der Waals surface area contributed by atoms with Crippen LogP contribution in [0.1, 0.15) is 65.7 Å². The fourth-order valence-electron chi connectivity index (χ4n) is 1.89. The summed E-state index contributed by atoms with van der Waals surface area (Å²) in [6.45, 7) is 4.05. The van der Waals surface area contributed by atoms with Gasteiger partial charge in [-0.05, 0) is 6.42 Å². The van der Waals surface area contributed by atoms with E-state index in [-0.39, 0.29) is 6.42 Å². The first kappa shape index (κ1) is 17.6. The zero-order valence-corrected chi connectivity index (χ0v) is 11.3. The monoisotopic (exact) mass is 274 g/mol. The lowest BCUT2D eigenvalue weighted by Crippen LogP contribution is -2.48. The van der Waals surface area contributed by atoms with Crippen molar-refractivity contribution < 1.29 is 22.0 Å². The summed E-state index contributed by atoms with van der Waals surface area (Å²) in [6, 6.07) is 0. The number of unbranched alkanes of at least 4 members (excludes halogenated alkanes) is 5. The fourth-order valence-corrected chi connectivity index (χ4v) is 1.89. The van der Waals surface area contributed by atoms with Gasteiger partial charge in [-0.3, -0.25) is 0 Å². The molecule has 0 aliphatic rings. The minimum atomic E-state index is -5.46. The van der Waals surface area contributed by atoms with Gasteiger partial charge in [-0.2, -0.15) is 22.0 Å². The molecular weight excluding hydrogens is 251 g/mol. The molecule has 0 aromatic rings. The predicted octanol–water partition coefficient (Wildman–Crippen LogP) is 5.96. The van der Waals surface area contributed by atoms with Crippen LogP contribution in [0.2, 0.25) is 0 Å². The third-order valence-corrected chi connectivity index (χ3v) is 3.36. The van der Waals surface area contributed by atoms with E-state index in [1.807, 2.05) is 0 Å². The molecule has 0 aromatic heterocycles. The molecule has 0 nitrogen and oxygen atoms in total. The lowest BCUT2D eigenvalue weighted by molar-refractivity contribution is -0.322. The number of hydrogen-bond acceptors (Lipinski definition) is 0. The van der Waals surface area contributed by atoms with E-state index in [0.29, 0.717) is 6.42 Å². The first-order chi connectivity index (χ1) is 8.06. The van der Waals surface area contributed by atoms with Gasteiger partial charge in [0, 0.05) is 5.41 Å². The van der Waals surface area contributed by atoms with Crippen LogP contribution in [0, 0.1) is 5.41 Å². The second-order valence-electron chi connectivity index (χ2n) is 5.47. The van der Waals surface area contributed by atoms with E-state index < -0.39 is 17.5 Å². The molecule has 0 spiro atoms. The molecule has 0 aromatic carbocycles. The largest absolute Gasteiger partial charge is 0.453 e. The number of halogens is 5. The van der Waals surface area contributed by atoms with E-state index in [0.717, 1.165) is 46.0 Å². The Hall–Kier alpha value is -0.350. The highest BCUT2D eigenvalue weighted by molar-refractivity contribution is 4.91. The first-order valence-corrected chi connectivity index (χ1v) is 6.51. The summed E-state index contributed by atoms with van der Waals surface area (Å²) in [7, 11) is 0. The van der Waals surface area contributed by atoms with Crippen molar-refractivity contribution in [1.29, 1.82) is 0 Å². The van der Waals surface area contributed by atoms with E-state index in [1.165, 1.54) is 0 Å². The third kappa shape index (κ3) is 4.73. The van der Waals surface area contributed by atoms with Crippen LogP contribution in [0.25, 0.3) is 0 Å². The molecule has 0 rings (SSSR count). The number of rotatable bonds is 8. The maximum Gasteiger partial charge on any atom is 0.453 e. The fraction of sp³-hybridized carbons (Fsp3) is 1.00. The number of alkyl halides is 5. The van der Waals surface area contributed by atoms with Crippen molar-refractivity contribution in [3.63, 3.8) is 0 Å². The topological polar surface area (TPSA) is 0 Å². The Morgan fingerprint density at radius 3 is 1.61 bits per heavy atom. The molecule has 0 N–H and O–H groups in total. The highest BCUT2D eigenvalue weighted by Crippen LogP contribution is 2.50. The van der Waals surface area contributed by atoms with Gasteiger partial charge in [-0.25, -0.2) is 0 Å². The van der Waals surface area contributed by atoms with Crippen LogP contribution in [-0.4, -0.2) is 12.1 Å². The molecule has 0 unspecified atom stereocenters. The van der Waals surface area contributed by atoms with Crippen molar-refractivity contribution in [1.82, 2.24) is 0 Å². The molecule has 0 radical (unpaired) electrons. The van der Waals surface area contributed by atoms with Crippen LogP contribution in [0.4, 0.5) is 22.0 Å². The molecule has 0 bridgehead atoms. The zero-order chi connectivity index (χ0) is 14.4. The first-order valence-electron chi connectivity index (χ1n) is 6.51. The minimum absolute atomic E-state index is 0.106. The van der Waals surface area contributed by atoms with Crippen molar-refractivity contribution in [3.05, 3.63) is 0 Å². The van der Waals surface area contributed by atoms with Gasteiger partial charge in [0.2, 0.25) is 0 Å². The maximum absolute atomic E-state index is 13.2. The van der Waals surface area contributed by atoms with Gasteiger partial charge in [0.15, 0.2) is 0 Å². The van der Waals surface area contributed by atoms with Gasteiger partial charge < -0.3 is 0 Å². The van der Waals surface area contributed by atoms with Gasteiger partial charge in [0.1, 0.15) is 0 Å². The Morgan fingerprint density at radius 1 is 0.722 bits per heavy atom. The van der Waals surface area contributed by atoms with Crippen molar-refractivity contribution in [2.24, 2.45) is 5.41 Å². The molecule has 0 saturated heterocycles. The average Bonchev–Trinajstić information content (AvgIpc) is 2.21. The lowest BCUT2D eigenvalue weighted by atomic mass is 9.80. The SMILES string of the molecule is CCCCCCCCC(C)(C)C(F)(F)C(F)(F)F. The average molecular weight is 274 g/mol. The Bertz CT molecular complexity index is 230. The van der Waals surface area contributed by atoms with Crippen molar-refractivity contribution in [3.8, 4) is 0 Å². The van der Waals surface area contributed by atoms with Crippen molar-refractivity contribution >= 4 is 0 Å². The molecule has 18 heavy (non-hydrogen) atoms. The van der Waals surface area contributed by atoms with E-state index in [2.05, 4.69) is 6.92 Å². The van der Waals surface area contributed by atoms with Crippen LogP contribution >= 0.6 is 0 Å². The Labute approximate surface area is 106 Å². The summed E-state index contributed by atoms with van der Waals surface area (Å²) in [5.74, 6) is -4.62.